The fraction of sp³-hybridized carbons (Fsp3) is 0.625. The van der Waals surface area contributed by atoms with E-state index >= 15 is 0 Å². The first-order chi connectivity index (χ1) is 9.26. The quantitative estimate of drug-likeness (QED) is 0.655. The molecule has 1 N–H and O–H groups in total. The first-order valence-electron chi connectivity index (χ1n) is 7.29. The van der Waals surface area contributed by atoms with Gasteiger partial charge in [-0.1, -0.05) is 35.0 Å². The van der Waals surface area contributed by atoms with Crippen molar-refractivity contribution in [3.05, 3.63) is 34.3 Å². The number of ether oxygens (including phenoxy) is 1. The molecule has 0 radical (unpaired) electrons. The molecule has 0 heterocycles. The fourth-order valence-corrected chi connectivity index (χ4v) is 2.46. The number of hydrogen-bond donors (Lipinski definition) is 1. The predicted octanol–water partition coefficient (Wildman–Crippen LogP) is 4.03. The van der Waals surface area contributed by atoms with Gasteiger partial charge in [-0.3, -0.25) is 0 Å². The minimum atomic E-state index is 0.696. The molecule has 1 rings (SSSR count). The minimum Gasteiger partial charge on any atom is -0.382 e. The zero-order valence-electron chi connectivity index (χ0n) is 12.1. The average molecular weight is 328 g/mol. The lowest BCUT2D eigenvalue weighted by Gasteiger charge is -2.17. The Kier molecular flexibility index (Phi) is 9.14. The highest BCUT2D eigenvalue weighted by Crippen LogP contribution is 2.16. The van der Waals surface area contributed by atoms with E-state index in [4.69, 9.17) is 4.74 Å². The standard InChI is InChI=1S/C16H26BrNO/c1-3-18-13-15(6-5-11-19-4-2)12-14-7-9-16(17)10-8-14/h7-10,15,18H,3-6,11-13H2,1-2H3. The summed E-state index contributed by atoms with van der Waals surface area (Å²) in [6.07, 6.45) is 3.52. The van der Waals surface area contributed by atoms with Crippen LogP contribution in [0.15, 0.2) is 28.7 Å². The van der Waals surface area contributed by atoms with Crippen molar-refractivity contribution in [3.8, 4) is 0 Å². The van der Waals surface area contributed by atoms with E-state index in [0.717, 1.165) is 43.6 Å². The molecule has 0 aliphatic carbocycles. The van der Waals surface area contributed by atoms with Crippen LogP contribution in [0.5, 0.6) is 0 Å². The molecule has 2 nitrogen and oxygen atoms in total. The van der Waals surface area contributed by atoms with Crippen LogP contribution < -0.4 is 5.32 Å². The summed E-state index contributed by atoms with van der Waals surface area (Å²) in [6.45, 7) is 8.07. The molecule has 0 saturated heterocycles. The summed E-state index contributed by atoms with van der Waals surface area (Å²) in [5.74, 6) is 0.696. The number of rotatable bonds is 10. The number of nitrogens with one attached hydrogen (secondary N) is 1. The Morgan fingerprint density at radius 3 is 2.58 bits per heavy atom. The highest BCUT2D eigenvalue weighted by molar-refractivity contribution is 9.10. The minimum absolute atomic E-state index is 0.696. The van der Waals surface area contributed by atoms with Gasteiger partial charge in [-0.15, -0.1) is 0 Å². The Bertz CT molecular complexity index is 326. The van der Waals surface area contributed by atoms with Crippen LogP contribution in [-0.4, -0.2) is 26.3 Å². The highest BCUT2D eigenvalue weighted by atomic mass is 79.9. The van der Waals surface area contributed by atoms with Gasteiger partial charge in [0.25, 0.3) is 0 Å². The molecule has 0 fully saturated rings. The first kappa shape index (κ1) is 16.7. The molecule has 108 valence electrons. The molecule has 0 aromatic heterocycles. The summed E-state index contributed by atoms with van der Waals surface area (Å²) in [5, 5.41) is 3.47. The van der Waals surface area contributed by atoms with Crippen LogP contribution in [0.4, 0.5) is 0 Å². The number of hydrogen-bond acceptors (Lipinski definition) is 2. The van der Waals surface area contributed by atoms with E-state index < -0.39 is 0 Å². The van der Waals surface area contributed by atoms with Crippen LogP contribution in [0.3, 0.4) is 0 Å². The van der Waals surface area contributed by atoms with E-state index in [1.165, 1.54) is 12.0 Å². The Labute approximate surface area is 126 Å². The molecular formula is C16H26BrNO. The van der Waals surface area contributed by atoms with Gasteiger partial charge in [0.1, 0.15) is 0 Å². The van der Waals surface area contributed by atoms with Crippen molar-refractivity contribution in [1.29, 1.82) is 0 Å². The second-order valence-electron chi connectivity index (χ2n) is 4.84. The van der Waals surface area contributed by atoms with Crippen molar-refractivity contribution in [1.82, 2.24) is 5.32 Å². The van der Waals surface area contributed by atoms with Crippen molar-refractivity contribution in [2.75, 3.05) is 26.3 Å². The number of benzene rings is 1. The molecule has 1 atom stereocenters. The normalized spacial score (nSPS) is 12.6. The molecular weight excluding hydrogens is 302 g/mol. The summed E-state index contributed by atoms with van der Waals surface area (Å²) in [6, 6.07) is 8.68. The zero-order chi connectivity index (χ0) is 13.9. The van der Waals surface area contributed by atoms with E-state index in [1.54, 1.807) is 0 Å². The summed E-state index contributed by atoms with van der Waals surface area (Å²) in [5.41, 5.74) is 1.42. The second-order valence-corrected chi connectivity index (χ2v) is 5.76. The Morgan fingerprint density at radius 2 is 1.95 bits per heavy atom. The third-order valence-corrected chi connectivity index (χ3v) is 3.75. The molecule has 0 bridgehead atoms. The van der Waals surface area contributed by atoms with Crippen LogP contribution >= 0.6 is 15.9 Å². The summed E-state index contributed by atoms with van der Waals surface area (Å²) in [7, 11) is 0. The van der Waals surface area contributed by atoms with E-state index in [0.29, 0.717) is 5.92 Å². The Morgan fingerprint density at radius 1 is 1.21 bits per heavy atom. The van der Waals surface area contributed by atoms with Crippen molar-refractivity contribution in [3.63, 3.8) is 0 Å². The van der Waals surface area contributed by atoms with Gasteiger partial charge in [-0.25, -0.2) is 0 Å². The maximum atomic E-state index is 5.43. The smallest absolute Gasteiger partial charge is 0.0466 e. The van der Waals surface area contributed by atoms with Crippen LogP contribution in [0.25, 0.3) is 0 Å². The molecule has 0 saturated carbocycles. The Hall–Kier alpha value is -0.380. The van der Waals surface area contributed by atoms with Gasteiger partial charge >= 0.3 is 0 Å². The summed E-state index contributed by atoms with van der Waals surface area (Å²) in [4.78, 5) is 0. The van der Waals surface area contributed by atoms with E-state index in [2.05, 4.69) is 59.4 Å². The van der Waals surface area contributed by atoms with Crippen LogP contribution in [0.1, 0.15) is 32.3 Å². The molecule has 0 aliphatic heterocycles. The van der Waals surface area contributed by atoms with E-state index in [1.807, 2.05) is 0 Å². The SMILES string of the molecule is CCNCC(CCCOCC)Cc1ccc(Br)cc1. The first-order valence-corrected chi connectivity index (χ1v) is 8.08. The molecule has 0 aliphatic rings. The lowest BCUT2D eigenvalue weighted by Crippen LogP contribution is -2.24. The third kappa shape index (κ3) is 7.71. The molecule has 0 amide bonds. The lowest BCUT2D eigenvalue weighted by atomic mass is 9.95. The van der Waals surface area contributed by atoms with Crippen molar-refractivity contribution in [2.24, 2.45) is 5.92 Å². The monoisotopic (exact) mass is 327 g/mol. The van der Waals surface area contributed by atoms with Crippen molar-refractivity contribution >= 4 is 15.9 Å². The molecule has 1 aromatic carbocycles. The maximum absolute atomic E-state index is 5.43. The number of halogens is 1. The summed E-state index contributed by atoms with van der Waals surface area (Å²) < 4.78 is 6.58. The third-order valence-electron chi connectivity index (χ3n) is 3.23. The molecule has 19 heavy (non-hydrogen) atoms. The van der Waals surface area contributed by atoms with Gasteiger partial charge in [0.2, 0.25) is 0 Å². The molecule has 0 spiro atoms. The average Bonchev–Trinajstić information content (AvgIpc) is 2.43. The van der Waals surface area contributed by atoms with Crippen molar-refractivity contribution < 1.29 is 4.74 Å². The second kappa shape index (κ2) is 10.4. The lowest BCUT2D eigenvalue weighted by molar-refractivity contribution is 0.139. The molecule has 1 aromatic rings. The van der Waals surface area contributed by atoms with Gasteiger partial charge in [0.05, 0.1) is 0 Å². The Balaban J connectivity index is 2.41. The topological polar surface area (TPSA) is 21.3 Å². The van der Waals surface area contributed by atoms with Crippen LogP contribution in [0.2, 0.25) is 0 Å². The molecule has 3 heteroatoms. The van der Waals surface area contributed by atoms with Gasteiger partial charge < -0.3 is 10.1 Å². The van der Waals surface area contributed by atoms with Crippen LogP contribution in [0, 0.1) is 5.92 Å². The highest BCUT2D eigenvalue weighted by Gasteiger charge is 2.09. The van der Waals surface area contributed by atoms with Crippen molar-refractivity contribution in [2.45, 2.75) is 33.1 Å². The van der Waals surface area contributed by atoms with E-state index in [9.17, 15) is 0 Å². The maximum Gasteiger partial charge on any atom is 0.0466 e. The van der Waals surface area contributed by atoms with E-state index in [-0.39, 0.29) is 0 Å². The predicted molar refractivity (Wildman–Crippen MR) is 85.6 cm³/mol. The van der Waals surface area contributed by atoms with Crippen LogP contribution in [-0.2, 0) is 11.2 Å². The van der Waals surface area contributed by atoms with Gasteiger partial charge in [-0.2, -0.15) is 0 Å². The van der Waals surface area contributed by atoms with Gasteiger partial charge in [0, 0.05) is 17.7 Å². The summed E-state index contributed by atoms with van der Waals surface area (Å²) >= 11 is 3.48. The largest absolute Gasteiger partial charge is 0.382 e. The fourth-order valence-electron chi connectivity index (χ4n) is 2.20. The van der Waals surface area contributed by atoms with Gasteiger partial charge in [-0.05, 0) is 62.9 Å². The molecule has 1 unspecified atom stereocenters. The zero-order valence-corrected chi connectivity index (χ0v) is 13.7. The van der Waals surface area contributed by atoms with Gasteiger partial charge in [0.15, 0.2) is 0 Å².